The average molecular weight is 263 g/mol. The lowest BCUT2D eigenvalue weighted by Crippen LogP contribution is -2.61. The molecule has 1 aliphatic rings. The van der Waals surface area contributed by atoms with E-state index in [9.17, 15) is 4.79 Å². The van der Waals surface area contributed by atoms with Crippen molar-refractivity contribution in [3.05, 3.63) is 23.9 Å². The fraction of sp³-hybridized carbons (Fsp3) is 0.571. The summed E-state index contributed by atoms with van der Waals surface area (Å²) >= 11 is 0. The van der Waals surface area contributed by atoms with Crippen LogP contribution in [0.5, 0.6) is 0 Å². The second-order valence-electron chi connectivity index (χ2n) is 5.49. The third kappa shape index (κ3) is 2.56. The summed E-state index contributed by atoms with van der Waals surface area (Å²) in [6, 6.07) is 3.71. The van der Waals surface area contributed by atoms with Crippen molar-refractivity contribution in [3.8, 4) is 0 Å². The van der Waals surface area contributed by atoms with Crippen LogP contribution in [0.15, 0.2) is 18.3 Å². The third-order valence-corrected chi connectivity index (χ3v) is 4.05. The van der Waals surface area contributed by atoms with Gasteiger partial charge in [0.2, 0.25) is 0 Å². The highest BCUT2D eigenvalue weighted by Crippen LogP contribution is 2.42. The van der Waals surface area contributed by atoms with Gasteiger partial charge in [0.1, 0.15) is 5.82 Å². The predicted octanol–water partition coefficient (Wildman–Crippen LogP) is 1.67. The van der Waals surface area contributed by atoms with Gasteiger partial charge in [-0.15, -0.1) is 0 Å². The number of anilines is 1. The standard InChI is InChI=1S/C14H21N3O2/c1-14(2)10(7-11(14)19-4)17-13(18)9-5-6-12(15-3)16-8-9/h5-6,8,10-11H,7H2,1-4H3,(H,15,16)(H,17,18). The van der Waals surface area contributed by atoms with E-state index in [-0.39, 0.29) is 23.5 Å². The van der Waals surface area contributed by atoms with E-state index in [1.807, 2.05) is 0 Å². The van der Waals surface area contributed by atoms with Crippen LogP contribution in [-0.4, -0.2) is 37.2 Å². The van der Waals surface area contributed by atoms with Crippen LogP contribution in [0, 0.1) is 5.41 Å². The van der Waals surface area contributed by atoms with Gasteiger partial charge < -0.3 is 15.4 Å². The lowest BCUT2D eigenvalue weighted by atomic mass is 9.64. The molecule has 5 heteroatoms. The lowest BCUT2D eigenvalue weighted by molar-refractivity contribution is -0.0942. The number of nitrogens with zero attached hydrogens (tertiary/aromatic N) is 1. The van der Waals surface area contributed by atoms with Gasteiger partial charge in [0, 0.05) is 31.8 Å². The fourth-order valence-corrected chi connectivity index (χ4v) is 2.45. The number of aromatic nitrogens is 1. The molecule has 0 aliphatic heterocycles. The molecule has 5 nitrogen and oxygen atoms in total. The zero-order valence-corrected chi connectivity index (χ0v) is 11.9. The Bertz CT molecular complexity index is 456. The molecule has 2 rings (SSSR count). The summed E-state index contributed by atoms with van der Waals surface area (Å²) in [5, 5.41) is 5.97. The Morgan fingerprint density at radius 3 is 2.68 bits per heavy atom. The number of methoxy groups -OCH3 is 1. The molecule has 1 aromatic rings. The number of rotatable bonds is 4. The van der Waals surface area contributed by atoms with Crippen LogP contribution < -0.4 is 10.6 Å². The summed E-state index contributed by atoms with van der Waals surface area (Å²) in [6.07, 6.45) is 2.65. The number of carbonyl (C=O) groups excluding carboxylic acids is 1. The van der Waals surface area contributed by atoms with Gasteiger partial charge in [-0.25, -0.2) is 4.98 Å². The number of nitrogens with one attached hydrogen (secondary N) is 2. The number of amides is 1. The SMILES string of the molecule is CNc1ccc(C(=O)NC2CC(OC)C2(C)C)cn1. The topological polar surface area (TPSA) is 63.2 Å². The zero-order valence-electron chi connectivity index (χ0n) is 11.9. The Labute approximate surface area is 113 Å². The fourth-order valence-electron chi connectivity index (χ4n) is 2.45. The molecular formula is C14H21N3O2. The van der Waals surface area contributed by atoms with Gasteiger partial charge >= 0.3 is 0 Å². The third-order valence-electron chi connectivity index (χ3n) is 4.05. The Kier molecular flexibility index (Phi) is 3.75. The first-order valence-electron chi connectivity index (χ1n) is 6.46. The van der Waals surface area contributed by atoms with Crippen LogP contribution in [-0.2, 0) is 4.74 Å². The average Bonchev–Trinajstić information content (AvgIpc) is 2.42. The first-order chi connectivity index (χ1) is 8.98. The maximum atomic E-state index is 12.1. The van der Waals surface area contributed by atoms with Gasteiger partial charge in [0.15, 0.2) is 0 Å². The van der Waals surface area contributed by atoms with E-state index < -0.39 is 0 Å². The largest absolute Gasteiger partial charge is 0.381 e. The smallest absolute Gasteiger partial charge is 0.253 e. The Balaban J connectivity index is 1.98. The van der Waals surface area contributed by atoms with Crippen molar-refractivity contribution >= 4 is 11.7 Å². The van der Waals surface area contributed by atoms with E-state index in [2.05, 4.69) is 29.5 Å². The highest BCUT2D eigenvalue weighted by molar-refractivity contribution is 5.94. The van der Waals surface area contributed by atoms with Crippen molar-refractivity contribution in [3.63, 3.8) is 0 Å². The van der Waals surface area contributed by atoms with Gasteiger partial charge in [-0.05, 0) is 18.6 Å². The molecule has 19 heavy (non-hydrogen) atoms. The Morgan fingerprint density at radius 1 is 1.47 bits per heavy atom. The first kappa shape index (κ1) is 13.8. The molecule has 0 bridgehead atoms. The molecule has 104 valence electrons. The van der Waals surface area contributed by atoms with Gasteiger partial charge in [-0.3, -0.25) is 4.79 Å². The second kappa shape index (κ2) is 5.17. The van der Waals surface area contributed by atoms with E-state index >= 15 is 0 Å². The molecule has 1 aliphatic carbocycles. The van der Waals surface area contributed by atoms with E-state index in [0.717, 1.165) is 12.2 Å². The molecular weight excluding hydrogens is 242 g/mol. The number of hydrogen-bond acceptors (Lipinski definition) is 4. The van der Waals surface area contributed by atoms with Crippen molar-refractivity contribution in [1.82, 2.24) is 10.3 Å². The highest BCUT2D eigenvalue weighted by Gasteiger charge is 2.49. The molecule has 1 saturated carbocycles. The van der Waals surface area contributed by atoms with Crippen LogP contribution in [0.25, 0.3) is 0 Å². The maximum absolute atomic E-state index is 12.1. The number of pyridine rings is 1. The van der Waals surface area contributed by atoms with Crippen LogP contribution in [0.4, 0.5) is 5.82 Å². The molecule has 0 spiro atoms. The van der Waals surface area contributed by atoms with E-state index in [4.69, 9.17) is 4.74 Å². The van der Waals surface area contributed by atoms with E-state index in [1.165, 1.54) is 0 Å². The Hall–Kier alpha value is -1.62. The van der Waals surface area contributed by atoms with Gasteiger partial charge in [0.05, 0.1) is 11.7 Å². The minimum atomic E-state index is -0.0808. The molecule has 1 aromatic heterocycles. The van der Waals surface area contributed by atoms with Crippen molar-refractivity contribution in [2.75, 3.05) is 19.5 Å². The minimum absolute atomic E-state index is 0.0250. The highest BCUT2D eigenvalue weighted by atomic mass is 16.5. The van der Waals surface area contributed by atoms with E-state index in [1.54, 1.807) is 32.5 Å². The van der Waals surface area contributed by atoms with Crippen LogP contribution in [0.3, 0.4) is 0 Å². The normalized spacial score (nSPS) is 24.4. The molecule has 1 amide bonds. The van der Waals surface area contributed by atoms with Gasteiger partial charge in [-0.2, -0.15) is 0 Å². The summed E-state index contributed by atoms with van der Waals surface area (Å²) in [6.45, 7) is 4.22. The number of hydrogen-bond donors (Lipinski definition) is 2. The minimum Gasteiger partial charge on any atom is -0.381 e. The Morgan fingerprint density at radius 2 is 2.21 bits per heavy atom. The predicted molar refractivity (Wildman–Crippen MR) is 74.2 cm³/mol. The van der Waals surface area contributed by atoms with Crippen LogP contribution in [0.1, 0.15) is 30.6 Å². The second-order valence-corrected chi connectivity index (χ2v) is 5.49. The first-order valence-corrected chi connectivity index (χ1v) is 6.46. The van der Waals surface area contributed by atoms with Crippen molar-refractivity contribution in [2.45, 2.75) is 32.4 Å². The summed E-state index contributed by atoms with van der Waals surface area (Å²) < 4.78 is 5.38. The van der Waals surface area contributed by atoms with E-state index in [0.29, 0.717) is 5.56 Å². The molecule has 2 atom stereocenters. The van der Waals surface area contributed by atoms with Crippen LogP contribution >= 0.6 is 0 Å². The molecule has 0 saturated heterocycles. The van der Waals surface area contributed by atoms with Crippen LogP contribution in [0.2, 0.25) is 0 Å². The van der Waals surface area contributed by atoms with Gasteiger partial charge in [-0.1, -0.05) is 13.8 Å². The van der Waals surface area contributed by atoms with Crippen molar-refractivity contribution in [2.24, 2.45) is 5.41 Å². The summed E-state index contributed by atoms with van der Waals surface area (Å²) in [4.78, 5) is 16.3. The molecule has 2 N–H and O–H groups in total. The zero-order chi connectivity index (χ0) is 14.0. The molecule has 0 radical (unpaired) electrons. The summed E-state index contributed by atoms with van der Waals surface area (Å²) in [7, 11) is 3.51. The number of ether oxygens (including phenoxy) is 1. The maximum Gasteiger partial charge on any atom is 0.253 e. The quantitative estimate of drug-likeness (QED) is 0.867. The molecule has 2 unspecified atom stereocenters. The number of carbonyl (C=O) groups is 1. The monoisotopic (exact) mass is 263 g/mol. The van der Waals surface area contributed by atoms with Crippen molar-refractivity contribution in [1.29, 1.82) is 0 Å². The van der Waals surface area contributed by atoms with Gasteiger partial charge in [0.25, 0.3) is 5.91 Å². The summed E-state index contributed by atoms with van der Waals surface area (Å²) in [5.41, 5.74) is 0.554. The molecule has 0 aromatic carbocycles. The lowest BCUT2D eigenvalue weighted by Gasteiger charge is -2.51. The van der Waals surface area contributed by atoms with Crippen molar-refractivity contribution < 1.29 is 9.53 Å². The molecule has 1 fully saturated rings. The summed E-state index contributed by atoms with van der Waals surface area (Å²) in [5.74, 6) is 0.669. The molecule has 1 heterocycles.